The van der Waals surface area contributed by atoms with Crippen molar-refractivity contribution in [3.8, 4) is 0 Å². The number of ketones is 2. The van der Waals surface area contributed by atoms with Crippen molar-refractivity contribution in [2.45, 2.75) is 6.42 Å². The number of carbonyl (C=O) groups is 2. The lowest BCUT2D eigenvalue weighted by molar-refractivity contribution is 0.0889. The molecule has 2 aromatic heterocycles. The van der Waals surface area contributed by atoms with E-state index in [1.807, 2.05) is 0 Å². The van der Waals surface area contributed by atoms with Crippen LogP contribution in [-0.4, -0.2) is 21.1 Å². The molecule has 0 aliphatic carbocycles. The number of Topliss-reactive ketones (excluding diaryl/α,β-unsaturated/α-hetero) is 2. The zero-order valence-electron chi connectivity index (χ0n) is 9.01. The van der Waals surface area contributed by atoms with E-state index in [-0.39, 0.29) is 18.0 Å². The van der Waals surface area contributed by atoms with E-state index in [1.165, 1.54) is 11.3 Å². The summed E-state index contributed by atoms with van der Waals surface area (Å²) in [6.45, 7) is 0. The molecule has 0 N–H and O–H groups in total. The Labute approximate surface area is 110 Å². The normalized spacial score (nSPS) is 10.5. The van der Waals surface area contributed by atoms with Gasteiger partial charge in [-0.25, -0.2) is 4.98 Å². The van der Waals surface area contributed by atoms with Crippen LogP contribution in [0, 0.1) is 0 Å². The summed E-state index contributed by atoms with van der Waals surface area (Å²) in [6.07, 6.45) is 3.08. The van der Waals surface area contributed by atoms with Crippen molar-refractivity contribution in [2.24, 2.45) is 7.05 Å². The van der Waals surface area contributed by atoms with Crippen LogP contribution >= 0.6 is 27.3 Å². The van der Waals surface area contributed by atoms with E-state index in [1.54, 1.807) is 36.1 Å². The van der Waals surface area contributed by atoms with Gasteiger partial charge in [-0.2, -0.15) is 0 Å². The number of aromatic nitrogens is 2. The summed E-state index contributed by atoms with van der Waals surface area (Å²) in [4.78, 5) is 28.1. The second-order valence-corrected chi connectivity index (χ2v) is 5.95. The summed E-state index contributed by atoms with van der Waals surface area (Å²) in [5.74, 6) is -0.116. The average Bonchev–Trinajstić information content (AvgIpc) is 2.86. The third-order valence-corrected chi connectivity index (χ3v) is 3.90. The van der Waals surface area contributed by atoms with Crippen LogP contribution in [0.15, 0.2) is 28.3 Å². The highest BCUT2D eigenvalue weighted by Crippen LogP contribution is 2.23. The first-order chi connectivity index (χ1) is 8.08. The van der Waals surface area contributed by atoms with Crippen molar-refractivity contribution in [2.75, 3.05) is 0 Å². The lowest BCUT2D eigenvalue weighted by Crippen LogP contribution is -2.12. The molecule has 4 nitrogen and oxygen atoms in total. The highest BCUT2D eigenvalue weighted by Gasteiger charge is 2.17. The van der Waals surface area contributed by atoms with Gasteiger partial charge in [0.15, 0.2) is 11.6 Å². The first-order valence-corrected chi connectivity index (χ1v) is 6.48. The maximum atomic E-state index is 11.8. The Morgan fingerprint density at radius 3 is 2.71 bits per heavy atom. The second-order valence-electron chi connectivity index (χ2n) is 3.49. The summed E-state index contributed by atoms with van der Waals surface area (Å²) < 4.78 is 2.49. The van der Waals surface area contributed by atoms with Crippen LogP contribution in [0.4, 0.5) is 0 Å². The first-order valence-electron chi connectivity index (χ1n) is 4.87. The smallest absolute Gasteiger partial charge is 0.206 e. The molecule has 2 aromatic rings. The van der Waals surface area contributed by atoms with Crippen molar-refractivity contribution in [1.29, 1.82) is 0 Å². The van der Waals surface area contributed by atoms with Gasteiger partial charge in [-0.05, 0) is 28.1 Å². The predicted molar refractivity (Wildman–Crippen MR) is 68.5 cm³/mol. The topological polar surface area (TPSA) is 52.0 Å². The number of nitrogens with zero attached hydrogens (tertiary/aromatic N) is 2. The molecular formula is C11H9BrN2O2S. The SMILES string of the molecule is Cn1ccnc1C(=O)CC(=O)c1ccc(Br)s1. The summed E-state index contributed by atoms with van der Waals surface area (Å²) >= 11 is 4.61. The van der Waals surface area contributed by atoms with E-state index < -0.39 is 0 Å². The number of hydrogen-bond donors (Lipinski definition) is 0. The van der Waals surface area contributed by atoms with Crippen molar-refractivity contribution < 1.29 is 9.59 Å². The fraction of sp³-hybridized carbons (Fsp3) is 0.182. The van der Waals surface area contributed by atoms with Gasteiger partial charge < -0.3 is 4.57 Å². The number of aryl methyl sites for hydroxylation is 1. The van der Waals surface area contributed by atoms with E-state index in [0.717, 1.165) is 3.79 Å². The summed E-state index contributed by atoms with van der Waals surface area (Å²) in [5, 5.41) is 0. The molecule has 0 aliphatic heterocycles. The minimum absolute atomic E-state index is 0.141. The van der Waals surface area contributed by atoms with Crippen LogP contribution in [0.5, 0.6) is 0 Å². The van der Waals surface area contributed by atoms with Gasteiger partial charge in [-0.3, -0.25) is 9.59 Å². The molecule has 0 saturated heterocycles. The monoisotopic (exact) mass is 312 g/mol. The molecule has 0 aromatic carbocycles. The van der Waals surface area contributed by atoms with Gasteiger partial charge in [0.25, 0.3) is 0 Å². The fourth-order valence-electron chi connectivity index (χ4n) is 1.41. The maximum absolute atomic E-state index is 11.8. The molecule has 0 radical (unpaired) electrons. The molecule has 2 rings (SSSR count). The van der Waals surface area contributed by atoms with Crippen LogP contribution < -0.4 is 0 Å². The maximum Gasteiger partial charge on any atom is 0.206 e. The molecule has 0 amide bonds. The molecule has 0 unspecified atom stereocenters. The standard InChI is InChI=1S/C11H9BrN2O2S/c1-14-5-4-13-11(14)8(16)6-7(15)9-2-3-10(12)17-9/h2-5H,6H2,1H3. The lowest BCUT2D eigenvalue weighted by atomic mass is 10.1. The second kappa shape index (κ2) is 4.93. The quantitative estimate of drug-likeness (QED) is 0.644. The van der Waals surface area contributed by atoms with Gasteiger partial charge in [-0.15, -0.1) is 11.3 Å². The largest absolute Gasteiger partial charge is 0.332 e. The molecule has 0 bridgehead atoms. The van der Waals surface area contributed by atoms with Crippen LogP contribution in [0.3, 0.4) is 0 Å². The fourth-order valence-corrected chi connectivity index (χ4v) is 2.73. The average molecular weight is 313 g/mol. The van der Waals surface area contributed by atoms with E-state index in [0.29, 0.717) is 10.7 Å². The Kier molecular flexibility index (Phi) is 3.54. The summed E-state index contributed by atoms with van der Waals surface area (Å²) in [5.41, 5.74) is 0. The van der Waals surface area contributed by atoms with Crippen molar-refractivity contribution >= 4 is 38.8 Å². The molecule has 6 heteroatoms. The number of thiophene rings is 1. The van der Waals surface area contributed by atoms with Gasteiger partial charge in [0.05, 0.1) is 15.1 Å². The minimum Gasteiger partial charge on any atom is -0.332 e. The Hall–Kier alpha value is -1.27. The summed E-state index contributed by atoms with van der Waals surface area (Å²) in [7, 11) is 1.73. The summed E-state index contributed by atoms with van der Waals surface area (Å²) in [6, 6.07) is 3.51. The number of carbonyl (C=O) groups excluding carboxylic acids is 2. The molecule has 2 heterocycles. The highest BCUT2D eigenvalue weighted by molar-refractivity contribution is 9.11. The third kappa shape index (κ3) is 2.70. The van der Waals surface area contributed by atoms with Crippen LogP contribution in [0.25, 0.3) is 0 Å². The van der Waals surface area contributed by atoms with E-state index >= 15 is 0 Å². The zero-order chi connectivity index (χ0) is 12.4. The molecule has 88 valence electrons. The van der Waals surface area contributed by atoms with E-state index in [9.17, 15) is 9.59 Å². The molecule has 0 aliphatic rings. The van der Waals surface area contributed by atoms with Gasteiger partial charge in [0, 0.05) is 19.4 Å². The third-order valence-electron chi connectivity index (χ3n) is 2.24. The van der Waals surface area contributed by atoms with Crippen molar-refractivity contribution in [3.63, 3.8) is 0 Å². The Balaban J connectivity index is 2.10. The van der Waals surface area contributed by atoms with E-state index in [2.05, 4.69) is 20.9 Å². The Morgan fingerprint density at radius 2 is 2.18 bits per heavy atom. The van der Waals surface area contributed by atoms with Gasteiger partial charge in [0.2, 0.25) is 5.78 Å². The predicted octanol–water partition coefficient (Wildman–Crippen LogP) is 2.70. The number of halogens is 1. The van der Waals surface area contributed by atoms with Gasteiger partial charge >= 0.3 is 0 Å². The molecule has 0 spiro atoms. The zero-order valence-corrected chi connectivity index (χ0v) is 11.4. The van der Waals surface area contributed by atoms with Crippen molar-refractivity contribution in [1.82, 2.24) is 9.55 Å². The van der Waals surface area contributed by atoms with E-state index in [4.69, 9.17) is 0 Å². The Bertz CT molecular complexity index is 574. The Morgan fingerprint density at radius 1 is 1.41 bits per heavy atom. The molecule has 17 heavy (non-hydrogen) atoms. The number of hydrogen-bond acceptors (Lipinski definition) is 4. The lowest BCUT2D eigenvalue weighted by Gasteiger charge is -1.99. The van der Waals surface area contributed by atoms with Crippen molar-refractivity contribution in [3.05, 3.63) is 39.0 Å². The highest BCUT2D eigenvalue weighted by atomic mass is 79.9. The number of rotatable bonds is 4. The number of imidazole rings is 1. The molecule has 0 atom stereocenters. The minimum atomic E-state index is -0.257. The molecule has 0 fully saturated rings. The molecule has 0 saturated carbocycles. The van der Waals surface area contributed by atoms with Crippen LogP contribution in [0.2, 0.25) is 0 Å². The van der Waals surface area contributed by atoms with Gasteiger partial charge in [0.1, 0.15) is 0 Å². The van der Waals surface area contributed by atoms with Crippen LogP contribution in [-0.2, 0) is 7.05 Å². The molecular weight excluding hydrogens is 304 g/mol. The van der Waals surface area contributed by atoms with Gasteiger partial charge in [-0.1, -0.05) is 0 Å². The van der Waals surface area contributed by atoms with Crippen LogP contribution in [0.1, 0.15) is 26.7 Å². The first kappa shape index (κ1) is 12.2.